The van der Waals surface area contributed by atoms with Gasteiger partial charge < -0.3 is 0 Å². The van der Waals surface area contributed by atoms with Gasteiger partial charge in [-0.15, -0.1) is 0 Å². The summed E-state index contributed by atoms with van der Waals surface area (Å²) in [5.74, 6) is 0.0887. The number of benzene rings is 4. The molecule has 0 spiro atoms. The number of halogens is 1. The van der Waals surface area contributed by atoms with Crippen molar-refractivity contribution in [2.75, 3.05) is 0 Å². The Labute approximate surface area is 177 Å². The maximum absolute atomic E-state index is 11.4. The Morgan fingerprint density at radius 1 is 0.759 bits per heavy atom. The molecule has 0 unspecified atom stereocenters. The van der Waals surface area contributed by atoms with Gasteiger partial charge in [0.05, 0.1) is 11.6 Å². The Morgan fingerprint density at radius 3 is 1.76 bits per heavy atom. The lowest BCUT2D eigenvalue weighted by Crippen LogP contribution is -1.94. The molecule has 0 fully saturated rings. The van der Waals surface area contributed by atoms with Gasteiger partial charge in [0.25, 0.3) is 0 Å². The van der Waals surface area contributed by atoms with Gasteiger partial charge in [-0.05, 0) is 59.7 Å². The van der Waals surface area contributed by atoms with E-state index in [9.17, 15) is 9.59 Å². The van der Waals surface area contributed by atoms with Crippen molar-refractivity contribution >= 4 is 49.0 Å². The highest BCUT2D eigenvalue weighted by atomic mass is 79.9. The van der Waals surface area contributed by atoms with Crippen molar-refractivity contribution in [3.8, 4) is 6.07 Å². The van der Waals surface area contributed by atoms with Crippen LogP contribution in [0.1, 0.15) is 40.1 Å². The highest BCUT2D eigenvalue weighted by Crippen LogP contribution is 2.24. The van der Waals surface area contributed by atoms with Crippen LogP contribution in [0.15, 0.2) is 77.3 Å². The highest BCUT2D eigenvalue weighted by Gasteiger charge is 2.07. The first-order valence-electron chi connectivity index (χ1n) is 9.03. The van der Waals surface area contributed by atoms with Crippen LogP contribution in [0.5, 0.6) is 0 Å². The van der Waals surface area contributed by atoms with Crippen LogP contribution in [0.4, 0.5) is 0 Å². The molecule has 0 saturated carbocycles. The van der Waals surface area contributed by atoms with Crippen LogP contribution in [0.2, 0.25) is 0 Å². The molecule has 0 atom stereocenters. The van der Waals surface area contributed by atoms with Crippen molar-refractivity contribution in [2.45, 2.75) is 13.8 Å². The van der Waals surface area contributed by atoms with E-state index >= 15 is 0 Å². The molecular weight excluding hydrogens is 426 g/mol. The summed E-state index contributed by atoms with van der Waals surface area (Å²) in [7, 11) is 0. The summed E-state index contributed by atoms with van der Waals surface area (Å²) in [4.78, 5) is 22.8. The second-order valence-electron chi connectivity index (χ2n) is 6.64. The van der Waals surface area contributed by atoms with E-state index in [2.05, 4.69) is 22.0 Å². The summed E-state index contributed by atoms with van der Waals surface area (Å²) in [5, 5.41) is 12.8. The average Bonchev–Trinajstić information content (AvgIpc) is 2.72. The third-order valence-electron chi connectivity index (χ3n) is 4.58. The van der Waals surface area contributed by atoms with E-state index in [0.29, 0.717) is 11.1 Å². The molecule has 4 heteroatoms. The fourth-order valence-corrected chi connectivity index (χ4v) is 3.71. The topological polar surface area (TPSA) is 57.9 Å². The van der Waals surface area contributed by atoms with Crippen LogP contribution in [0.3, 0.4) is 0 Å². The second kappa shape index (κ2) is 8.81. The molecule has 0 heterocycles. The fourth-order valence-electron chi connectivity index (χ4n) is 3.23. The molecule has 0 radical (unpaired) electrons. The average molecular weight is 444 g/mol. The SMILES string of the molecule is CC(=O)c1cc(Br)cc2ccccc12.CC(=O)c1cc(C#N)cc2ccccc12. The molecule has 0 amide bonds. The normalized spacial score (nSPS) is 10.1. The Hall–Kier alpha value is -3.29. The summed E-state index contributed by atoms with van der Waals surface area (Å²) in [6.07, 6.45) is 0. The quantitative estimate of drug-likeness (QED) is 0.323. The fraction of sp³-hybridized carbons (Fsp3) is 0.0800. The molecule has 29 heavy (non-hydrogen) atoms. The third kappa shape index (κ3) is 4.59. The predicted octanol–water partition coefficient (Wildman–Crippen LogP) is 6.72. The van der Waals surface area contributed by atoms with Gasteiger partial charge in [-0.1, -0.05) is 64.5 Å². The maximum Gasteiger partial charge on any atom is 0.160 e. The highest BCUT2D eigenvalue weighted by molar-refractivity contribution is 9.10. The molecule has 0 aliphatic heterocycles. The van der Waals surface area contributed by atoms with Crippen LogP contribution in [-0.4, -0.2) is 11.6 Å². The summed E-state index contributed by atoms with van der Waals surface area (Å²) < 4.78 is 0.946. The van der Waals surface area contributed by atoms with Crippen LogP contribution in [-0.2, 0) is 0 Å². The molecule has 4 aromatic rings. The molecule has 4 aromatic carbocycles. The molecule has 0 aliphatic rings. The summed E-state index contributed by atoms with van der Waals surface area (Å²) >= 11 is 3.40. The second-order valence-corrected chi connectivity index (χ2v) is 7.56. The molecule has 0 N–H and O–H groups in total. The zero-order valence-electron chi connectivity index (χ0n) is 16.1. The van der Waals surface area contributed by atoms with E-state index < -0.39 is 0 Å². The van der Waals surface area contributed by atoms with Gasteiger partial charge in [-0.3, -0.25) is 9.59 Å². The van der Waals surface area contributed by atoms with Crippen molar-refractivity contribution in [2.24, 2.45) is 0 Å². The minimum absolute atomic E-state index is 0.0108. The summed E-state index contributed by atoms with van der Waals surface area (Å²) in [6, 6.07) is 24.9. The summed E-state index contributed by atoms with van der Waals surface area (Å²) in [5.41, 5.74) is 1.92. The van der Waals surface area contributed by atoms with Gasteiger partial charge in [-0.25, -0.2) is 0 Å². The first-order chi connectivity index (χ1) is 13.9. The maximum atomic E-state index is 11.4. The van der Waals surface area contributed by atoms with E-state index in [4.69, 9.17) is 5.26 Å². The number of carbonyl (C=O) groups excluding carboxylic acids is 2. The monoisotopic (exact) mass is 443 g/mol. The Morgan fingerprint density at radius 2 is 1.24 bits per heavy atom. The lowest BCUT2D eigenvalue weighted by Gasteiger charge is -2.03. The number of ketones is 2. The van der Waals surface area contributed by atoms with Gasteiger partial charge >= 0.3 is 0 Å². The van der Waals surface area contributed by atoms with Crippen LogP contribution in [0.25, 0.3) is 21.5 Å². The van der Waals surface area contributed by atoms with Crippen LogP contribution in [0, 0.1) is 11.3 Å². The predicted molar refractivity (Wildman–Crippen MR) is 120 cm³/mol. The number of rotatable bonds is 2. The van der Waals surface area contributed by atoms with E-state index in [-0.39, 0.29) is 11.6 Å². The number of nitriles is 1. The first-order valence-corrected chi connectivity index (χ1v) is 9.83. The molecule has 142 valence electrons. The van der Waals surface area contributed by atoms with Crippen molar-refractivity contribution in [3.63, 3.8) is 0 Å². The zero-order valence-corrected chi connectivity index (χ0v) is 17.7. The number of Topliss-reactive ketones (excluding diaryl/α,β-unsaturated/α-hetero) is 2. The van der Waals surface area contributed by atoms with Gasteiger partial charge in [0.15, 0.2) is 11.6 Å². The molecular formula is C25H18BrNO2. The number of hydrogen-bond donors (Lipinski definition) is 0. The third-order valence-corrected chi connectivity index (χ3v) is 5.03. The molecule has 4 rings (SSSR count). The Balaban J connectivity index is 0.000000166. The first kappa shape index (κ1) is 20.4. The largest absolute Gasteiger partial charge is 0.294 e. The van der Waals surface area contributed by atoms with Gasteiger partial charge in [0.1, 0.15) is 0 Å². The van der Waals surface area contributed by atoms with Gasteiger partial charge in [0.2, 0.25) is 0 Å². The smallest absolute Gasteiger partial charge is 0.160 e. The molecule has 0 saturated heterocycles. The van der Waals surface area contributed by atoms with Crippen molar-refractivity contribution < 1.29 is 9.59 Å². The minimum Gasteiger partial charge on any atom is -0.294 e. The number of fused-ring (bicyclic) bond motifs is 2. The minimum atomic E-state index is -0.0108. The van der Waals surface area contributed by atoms with E-state index in [1.807, 2.05) is 60.7 Å². The molecule has 0 aromatic heterocycles. The Bertz CT molecular complexity index is 1290. The van der Waals surface area contributed by atoms with Gasteiger partial charge in [-0.2, -0.15) is 5.26 Å². The van der Waals surface area contributed by atoms with E-state index in [1.54, 1.807) is 19.1 Å². The lowest BCUT2D eigenvalue weighted by molar-refractivity contribution is 0.101. The Kier molecular flexibility index (Phi) is 6.21. The molecule has 3 nitrogen and oxygen atoms in total. The van der Waals surface area contributed by atoms with Crippen molar-refractivity contribution in [3.05, 3.63) is 94.0 Å². The molecule has 0 bridgehead atoms. The molecule has 0 aliphatic carbocycles. The van der Waals surface area contributed by atoms with E-state index in [0.717, 1.165) is 31.6 Å². The van der Waals surface area contributed by atoms with E-state index in [1.165, 1.54) is 6.92 Å². The number of carbonyl (C=O) groups is 2. The number of hydrogen-bond acceptors (Lipinski definition) is 3. The lowest BCUT2D eigenvalue weighted by atomic mass is 9.99. The van der Waals surface area contributed by atoms with Crippen molar-refractivity contribution in [1.29, 1.82) is 5.26 Å². The number of nitrogens with zero attached hydrogens (tertiary/aromatic N) is 1. The standard InChI is InChI=1S/C13H9NO.C12H9BrO/c1-9(15)13-7-10(8-14)6-11-4-2-3-5-12(11)13;1-8(14)12-7-10(13)6-9-4-2-3-5-11(9)12/h2-7H,1H3;2-7H,1H3. The van der Waals surface area contributed by atoms with Gasteiger partial charge in [0, 0.05) is 15.6 Å². The van der Waals surface area contributed by atoms with Crippen molar-refractivity contribution in [1.82, 2.24) is 0 Å². The zero-order chi connectivity index (χ0) is 21.0. The van der Waals surface area contributed by atoms with Crippen LogP contribution >= 0.6 is 15.9 Å². The summed E-state index contributed by atoms with van der Waals surface area (Å²) in [6.45, 7) is 3.11. The van der Waals surface area contributed by atoms with Crippen LogP contribution < -0.4 is 0 Å².